The topological polar surface area (TPSA) is 122 Å². The van der Waals surface area contributed by atoms with Gasteiger partial charge in [0.2, 0.25) is 5.95 Å². The van der Waals surface area contributed by atoms with Gasteiger partial charge < -0.3 is 19.9 Å². The molecule has 0 spiro atoms. The van der Waals surface area contributed by atoms with E-state index in [2.05, 4.69) is 29.9 Å². The first-order valence-corrected chi connectivity index (χ1v) is 12.4. The number of aromatic nitrogens is 5. The molecule has 0 amide bonds. The van der Waals surface area contributed by atoms with Crippen molar-refractivity contribution >= 4 is 18.1 Å². The van der Waals surface area contributed by atoms with Crippen molar-refractivity contribution in [2.24, 2.45) is 12.0 Å². The molecule has 4 heterocycles. The second kappa shape index (κ2) is 10.9. The highest BCUT2D eigenvalue weighted by Crippen LogP contribution is 2.26. The van der Waals surface area contributed by atoms with E-state index in [4.69, 9.17) is 5.41 Å². The predicted octanol–water partition coefficient (Wildman–Crippen LogP) is 3.03. The molecule has 5 rings (SSSR count). The van der Waals surface area contributed by atoms with Crippen LogP contribution >= 0.6 is 0 Å². The third kappa shape index (κ3) is 5.18. The van der Waals surface area contributed by atoms with Crippen LogP contribution in [0.4, 0.5) is 10.3 Å². The number of nitrogens with one attached hydrogen (secondary N) is 2. The zero-order valence-corrected chi connectivity index (χ0v) is 21.3. The van der Waals surface area contributed by atoms with Crippen LogP contribution in [0.25, 0.3) is 11.1 Å². The molecule has 10 nitrogen and oxygen atoms in total. The Balaban J connectivity index is 1.31. The summed E-state index contributed by atoms with van der Waals surface area (Å²) >= 11 is 0. The molecule has 3 N–H and O–H groups in total. The van der Waals surface area contributed by atoms with Gasteiger partial charge in [0.25, 0.3) is 0 Å². The number of hydrogen-bond acceptors (Lipinski definition) is 6. The maximum Gasteiger partial charge on any atom is 0.225 e. The first-order chi connectivity index (χ1) is 18.5. The molecule has 0 saturated carbocycles. The number of aliphatic hydroxyl groups excluding tert-OH is 1. The molecule has 0 unspecified atom stereocenters. The second-order valence-corrected chi connectivity index (χ2v) is 9.35. The SMILES string of the molecule is C[C@H](c1ccc(F)cc1)c1cnc(N2CCN(/C(=N/C=N)c3cc(-c4cnn(C)c4)c[nH]3)C[C@H]2CO)nc1. The summed E-state index contributed by atoms with van der Waals surface area (Å²) in [6.45, 7) is 3.62. The van der Waals surface area contributed by atoms with E-state index in [1.54, 1.807) is 35.4 Å². The van der Waals surface area contributed by atoms with E-state index in [9.17, 15) is 9.50 Å². The van der Waals surface area contributed by atoms with Crippen LogP contribution in [0.2, 0.25) is 0 Å². The van der Waals surface area contributed by atoms with Crippen molar-refractivity contribution in [3.05, 3.63) is 84.0 Å². The van der Waals surface area contributed by atoms with Gasteiger partial charge in [-0.3, -0.25) is 10.1 Å². The van der Waals surface area contributed by atoms with Crippen LogP contribution in [0.3, 0.4) is 0 Å². The Kier molecular flexibility index (Phi) is 7.27. The molecular formula is C27H30FN9O. The van der Waals surface area contributed by atoms with Gasteiger partial charge in [-0.05, 0) is 29.3 Å². The number of nitrogens with zero attached hydrogens (tertiary/aromatic N) is 7. The van der Waals surface area contributed by atoms with Crippen molar-refractivity contribution in [3.8, 4) is 11.1 Å². The predicted molar refractivity (Wildman–Crippen MR) is 144 cm³/mol. The summed E-state index contributed by atoms with van der Waals surface area (Å²) in [5.41, 5.74) is 4.66. The number of hydrogen-bond donors (Lipinski definition) is 3. The molecule has 1 aliphatic heterocycles. The Bertz CT molecular complexity index is 1410. The number of H-pyrrole nitrogens is 1. The van der Waals surface area contributed by atoms with E-state index in [0.29, 0.717) is 31.4 Å². The Morgan fingerprint density at radius 1 is 1.18 bits per heavy atom. The summed E-state index contributed by atoms with van der Waals surface area (Å²) in [6.07, 6.45) is 10.2. The highest BCUT2D eigenvalue weighted by Gasteiger charge is 2.31. The van der Waals surface area contributed by atoms with Crippen molar-refractivity contribution in [2.45, 2.75) is 18.9 Å². The van der Waals surface area contributed by atoms with Crippen molar-refractivity contribution in [1.29, 1.82) is 5.41 Å². The number of aliphatic hydroxyl groups is 1. The van der Waals surface area contributed by atoms with E-state index in [-0.39, 0.29) is 24.4 Å². The molecule has 2 atom stereocenters. The third-order valence-electron chi connectivity index (χ3n) is 6.93. The first-order valence-electron chi connectivity index (χ1n) is 12.4. The lowest BCUT2D eigenvalue weighted by atomic mass is 9.95. The van der Waals surface area contributed by atoms with Gasteiger partial charge in [0.05, 0.1) is 24.5 Å². The Morgan fingerprint density at radius 3 is 2.61 bits per heavy atom. The average molecular weight is 516 g/mol. The lowest BCUT2D eigenvalue weighted by molar-refractivity contribution is 0.212. The summed E-state index contributed by atoms with van der Waals surface area (Å²) in [5.74, 6) is 0.939. The second-order valence-electron chi connectivity index (χ2n) is 9.35. The Hall–Kier alpha value is -4.38. The van der Waals surface area contributed by atoms with Gasteiger partial charge in [0.1, 0.15) is 12.2 Å². The normalized spacial score (nSPS) is 17.1. The molecule has 11 heteroatoms. The van der Waals surface area contributed by atoms with Gasteiger partial charge in [0, 0.05) is 68.5 Å². The number of aromatic amines is 1. The Labute approximate surface area is 220 Å². The van der Waals surface area contributed by atoms with Crippen LogP contribution in [-0.2, 0) is 7.05 Å². The van der Waals surface area contributed by atoms with Gasteiger partial charge in [-0.15, -0.1) is 0 Å². The average Bonchev–Trinajstić information content (AvgIpc) is 3.61. The molecule has 0 radical (unpaired) electrons. The quantitative estimate of drug-likeness (QED) is 0.257. The Morgan fingerprint density at radius 2 is 1.95 bits per heavy atom. The molecule has 0 bridgehead atoms. The minimum Gasteiger partial charge on any atom is -0.394 e. The van der Waals surface area contributed by atoms with Gasteiger partial charge in [-0.2, -0.15) is 5.10 Å². The smallest absolute Gasteiger partial charge is 0.225 e. The highest BCUT2D eigenvalue weighted by molar-refractivity contribution is 6.01. The van der Waals surface area contributed by atoms with Crippen molar-refractivity contribution in [1.82, 2.24) is 29.6 Å². The van der Waals surface area contributed by atoms with Crippen LogP contribution in [-0.4, -0.2) is 79.2 Å². The minimum absolute atomic E-state index is 0.0207. The van der Waals surface area contributed by atoms with Crippen molar-refractivity contribution in [2.75, 3.05) is 31.1 Å². The molecular weight excluding hydrogens is 485 g/mol. The summed E-state index contributed by atoms with van der Waals surface area (Å²) in [6, 6.07) is 8.18. The number of anilines is 1. The number of amidine groups is 1. The van der Waals surface area contributed by atoms with Crippen molar-refractivity contribution in [3.63, 3.8) is 0 Å². The fourth-order valence-electron chi connectivity index (χ4n) is 4.76. The van der Waals surface area contributed by atoms with Crippen LogP contribution in [0.1, 0.15) is 29.7 Å². The van der Waals surface area contributed by atoms with Crippen LogP contribution in [0, 0.1) is 11.2 Å². The largest absolute Gasteiger partial charge is 0.394 e. The minimum atomic E-state index is -0.263. The molecule has 0 aliphatic carbocycles. The number of piperazine rings is 1. The zero-order chi connectivity index (χ0) is 26.6. The zero-order valence-electron chi connectivity index (χ0n) is 21.3. The third-order valence-corrected chi connectivity index (χ3v) is 6.93. The van der Waals surface area contributed by atoms with E-state index in [1.165, 1.54) is 12.1 Å². The van der Waals surface area contributed by atoms with Gasteiger partial charge in [-0.25, -0.2) is 19.4 Å². The van der Waals surface area contributed by atoms with Gasteiger partial charge >= 0.3 is 0 Å². The summed E-state index contributed by atoms with van der Waals surface area (Å²) in [5, 5.41) is 22.1. The van der Waals surface area contributed by atoms with Crippen LogP contribution in [0.15, 0.2) is 66.3 Å². The summed E-state index contributed by atoms with van der Waals surface area (Å²) < 4.78 is 15.0. The molecule has 1 saturated heterocycles. The number of halogens is 1. The van der Waals surface area contributed by atoms with E-state index in [1.807, 2.05) is 37.3 Å². The number of aliphatic imine (C=N–C) groups is 1. The van der Waals surface area contributed by atoms with Gasteiger partial charge in [-0.1, -0.05) is 19.1 Å². The molecule has 1 fully saturated rings. The number of benzene rings is 1. The molecule has 1 aromatic carbocycles. The summed E-state index contributed by atoms with van der Waals surface area (Å²) in [7, 11) is 1.87. The maximum absolute atomic E-state index is 13.3. The fraction of sp³-hybridized carbons (Fsp3) is 0.296. The highest BCUT2D eigenvalue weighted by atomic mass is 19.1. The summed E-state index contributed by atoms with van der Waals surface area (Å²) in [4.78, 5) is 20.9. The standard InChI is InChI=1S/C27H30FN9O/c1-18(19-3-5-23(28)6-4-19)21-11-31-27(32-12-21)37-8-7-36(15-24(37)16-38)26(33-17-29)25-9-20(10-30-25)22-13-34-35(2)14-22/h3-6,9-14,17-18,24,29-30,38H,7-8,15-16H2,1-2H3/b29-17?,33-26+/t18-,24+/m1/s1. The van der Waals surface area contributed by atoms with Crippen molar-refractivity contribution < 1.29 is 9.50 Å². The monoisotopic (exact) mass is 515 g/mol. The number of rotatable bonds is 7. The molecule has 4 aromatic rings. The maximum atomic E-state index is 13.3. The molecule has 196 valence electrons. The van der Waals surface area contributed by atoms with Crippen LogP contribution < -0.4 is 4.90 Å². The van der Waals surface area contributed by atoms with Crippen LogP contribution in [0.5, 0.6) is 0 Å². The van der Waals surface area contributed by atoms with E-state index in [0.717, 1.165) is 34.3 Å². The van der Waals surface area contributed by atoms with E-state index < -0.39 is 0 Å². The van der Waals surface area contributed by atoms with E-state index >= 15 is 0 Å². The first kappa shape index (κ1) is 25.3. The fourth-order valence-corrected chi connectivity index (χ4v) is 4.76. The molecule has 1 aliphatic rings. The van der Waals surface area contributed by atoms with Gasteiger partial charge in [0.15, 0.2) is 5.84 Å². The lowest BCUT2D eigenvalue weighted by Crippen LogP contribution is -2.57. The number of aryl methyl sites for hydroxylation is 1. The molecule has 3 aromatic heterocycles. The lowest BCUT2D eigenvalue weighted by Gasteiger charge is -2.41. The molecule has 38 heavy (non-hydrogen) atoms.